The molecule has 0 radical (unpaired) electrons. The highest BCUT2D eigenvalue weighted by molar-refractivity contribution is 6.32. The number of halogens is 1. The second-order valence-electron chi connectivity index (χ2n) is 4.73. The fraction of sp³-hybridized carbons (Fsp3) is 0.538. The lowest BCUT2D eigenvalue weighted by atomic mass is 10.0. The van der Waals surface area contributed by atoms with E-state index in [4.69, 9.17) is 21.1 Å². The zero-order valence-corrected chi connectivity index (χ0v) is 11.3. The minimum absolute atomic E-state index is 0.0780. The van der Waals surface area contributed by atoms with Gasteiger partial charge in [0.2, 0.25) is 6.79 Å². The van der Waals surface area contributed by atoms with E-state index in [0.29, 0.717) is 29.0 Å². The number of hydrogen-bond donors (Lipinski definition) is 2. The molecule has 2 rings (SSSR count). The molecule has 0 aliphatic carbocycles. The minimum Gasteiger partial charge on any atom is -0.454 e. The van der Waals surface area contributed by atoms with Crippen molar-refractivity contribution in [1.82, 2.24) is 5.32 Å². The number of aliphatic hydroxyl groups is 1. The van der Waals surface area contributed by atoms with Crippen molar-refractivity contribution in [1.29, 1.82) is 0 Å². The van der Waals surface area contributed by atoms with Crippen LogP contribution in [0.5, 0.6) is 11.5 Å². The van der Waals surface area contributed by atoms with Crippen molar-refractivity contribution >= 4 is 11.6 Å². The monoisotopic (exact) mass is 271 g/mol. The van der Waals surface area contributed by atoms with Crippen LogP contribution in [-0.2, 0) is 6.54 Å². The van der Waals surface area contributed by atoms with Gasteiger partial charge in [-0.3, -0.25) is 0 Å². The second-order valence-corrected chi connectivity index (χ2v) is 5.13. The lowest BCUT2D eigenvalue weighted by Crippen LogP contribution is -2.36. The van der Waals surface area contributed by atoms with Gasteiger partial charge in [0, 0.05) is 12.6 Å². The number of hydrogen-bond acceptors (Lipinski definition) is 4. The van der Waals surface area contributed by atoms with Gasteiger partial charge in [0.15, 0.2) is 11.5 Å². The summed E-state index contributed by atoms with van der Waals surface area (Å²) in [7, 11) is 0. The number of nitrogens with one attached hydrogen (secondary N) is 1. The van der Waals surface area contributed by atoms with Crippen molar-refractivity contribution < 1.29 is 14.6 Å². The molecular weight excluding hydrogens is 254 g/mol. The maximum Gasteiger partial charge on any atom is 0.231 e. The maximum absolute atomic E-state index is 9.25. The summed E-state index contributed by atoms with van der Waals surface area (Å²) < 4.78 is 10.6. The molecule has 0 saturated carbocycles. The van der Waals surface area contributed by atoms with E-state index >= 15 is 0 Å². The van der Waals surface area contributed by atoms with Gasteiger partial charge in [-0.2, -0.15) is 0 Å². The first-order valence-electron chi connectivity index (χ1n) is 6.04. The van der Waals surface area contributed by atoms with Gasteiger partial charge in [-0.05, 0) is 23.6 Å². The normalized spacial score (nSPS) is 15.2. The fourth-order valence-corrected chi connectivity index (χ4v) is 2.17. The van der Waals surface area contributed by atoms with E-state index in [2.05, 4.69) is 19.2 Å². The summed E-state index contributed by atoms with van der Waals surface area (Å²) in [6, 6.07) is 3.85. The van der Waals surface area contributed by atoms with Gasteiger partial charge in [-0.1, -0.05) is 25.4 Å². The number of aliphatic hydroxyl groups excluding tert-OH is 1. The van der Waals surface area contributed by atoms with Gasteiger partial charge in [0.1, 0.15) is 0 Å². The lowest BCUT2D eigenvalue weighted by molar-refractivity contribution is 0.174. The molecule has 0 unspecified atom stereocenters. The highest BCUT2D eigenvalue weighted by Crippen LogP contribution is 2.39. The maximum atomic E-state index is 9.25. The second kappa shape index (κ2) is 5.78. The van der Waals surface area contributed by atoms with Crippen LogP contribution in [0.25, 0.3) is 0 Å². The predicted octanol–water partition coefficient (Wildman–Crippen LogP) is 2.18. The van der Waals surface area contributed by atoms with Crippen molar-refractivity contribution in [3.63, 3.8) is 0 Å². The molecule has 1 heterocycles. The average Bonchev–Trinajstić information content (AvgIpc) is 2.78. The summed E-state index contributed by atoms with van der Waals surface area (Å²) >= 11 is 6.10. The molecule has 1 aromatic carbocycles. The molecule has 1 aromatic rings. The van der Waals surface area contributed by atoms with Crippen LogP contribution < -0.4 is 14.8 Å². The third-order valence-electron chi connectivity index (χ3n) is 3.06. The predicted molar refractivity (Wildman–Crippen MR) is 70.1 cm³/mol. The standard InChI is InChI=1S/C13H18ClNO3/c1-8(2)11(6-16)15-5-9-3-10(14)13-12(4-9)17-7-18-13/h3-4,8,11,15-16H,5-7H2,1-2H3/t11-/m1/s1. The topological polar surface area (TPSA) is 50.7 Å². The first-order chi connectivity index (χ1) is 8.61. The SMILES string of the molecule is CC(C)[C@@H](CO)NCc1cc(Cl)c2c(c1)OCO2. The lowest BCUT2D eigenvalue weighted by Gasteiger charge is -2.20. The van der Waals surface area contributed by atoms with Gasteiger partial charge < -0.3 is 19.9 Å². The Morgan fingerprint density at radius 1 is 1.39 bits per heavy atom. The van der Waals surface area contributed by atoms with Crippen molar-refractivity contribution in [2.45, 2.75) is 26.4 Å². The van der Waals surface area contributed by atoms with E-state index in [0.717, 1.165) is 5.56 Å². The smallest absolute Gasteiger partial charge is 0.231 e. The Labute approximate surface area is 112 Å². The summed E-state index contributed by atoms with van der Waals surface area (Å²) in [5.41, 5.74) is 1.02. The third-order valence-corrected chi connectivity index (χ3v) is 3.34. The number of fused-ring (bicyclic) bond motifs is 1. The summed E-state index contributed by atoms with van der Waals surface area (Å²) in [4.78, 5) is 0. The Morgan fingerprint density at radius 3 is 2.83 bits per heavy atom. The van der Waals surface area contributed by atoms with Gasteiger partial charge >= 0.3 is 0 Å². The average molecular weight is 272 g/mol. The van der Waals surface area contributed by atoms with Crippen LogP contribution in [0.1, 0.15) is 19.4 Å². The van der Waals surface area contributed by atoms with Gasteiger partial charge in [0.05, 0.1) is 11.6 Å². The summed E-state index contributed by atoms with van der Waals surface area (Å²) in [6.07, 6.45) is 0. The quantitative estimate of drug-likeness (QED) is 0.862. The van der Waals surface area contributed by atoms with Gasteiger partial charge in [-0.25, -0.2) is 0 Å². The Hall–Kier alpha value is -0.970. The van der Waals surface area contributed by atoms with Crippen LogP contribution in [0, 0.1) is 5.92 Å². The molecule has 0 aromatic heterocycles. The number of ether oxygens (including phenoxy) is 2. The minimum atomic E-state index is 0.0780. The van der Waals surface area contributed by atoms with Crippen molar-refractivity contribution in [3.05, 3.63) is 22.7 Å². The summed E-state index contributed by atoms with van der Waals surface area (Å²) in [5, 5.41) is 13.1. The zero-order valence-electron chi connectivity index (χ0n) is 10.6. The summed E-state index contributed by atoms with van der Waals surface area (Å²) in [6.45, 7) is 5.12. The first-order valence-corrected chi connectivity index (χ1v) is 6.42. The first kappa shape index (κ1) is 13.5. The molecule has 100 valence electrons. The van der Waals surface area contributed by atoms with E-state index in [-0.39, 0.29) is 19.4 Å². The van der Waals surface area contributed by atoms with E-state index in [1.54, 1.807) is 0 Å². The molecule has 0 amide bonds. The summed E-state index contributed by atoms with van der Waals surface area (Å²) in [5.74, 6) is 1.67. The van der Waals surface area contributed by atoms with Crippen LogP contribution in [0.3, 0.4) is 0 Å². The van der Waals surface area contributed by atoms with Crippen LogP contribution >= 0.6 is 11.6 Å². The molecular formula is C13H18ClNO3. The molecule has 0 spiro atoms. The molecule has 1 aliphatic rings. The van der Waals surface area contributed by atoms with E-state index < -0.39 is 0 Å². The van der Waals surface area contributed by atoms with Crippen molar-refractivity contribution in [2.24, 2.45) is 5.92 Å². The van der Waals surface area contributed by atoms with Crippen LogP contribution in [0.4, 0.5) is 0 Å². The highest BCUT2D eigenvalue weighted by atomic mass is 35.5. The van der Waals surface area contributed by atoms with Crippen LogP contribution in [-0.4, -0.2) is 24.5 Å². The van der Waals surface area contributed by atoms with Crippen LogP contribution in [0.2, 0.25) is 5.02 Å². The Kier molecular flexibility index (Phi) is 4.32. The molecule has 18 heavy (non-hydrogen) atoms. The van der Waals surface area contributed by atoms with Crippen LogP contribution in [0.15, 0.2) is 12.1 Å². The molecule has 2 N–H and O–H groups in total. The van der Waals surface area contributed by atoms with E-state index in [1.165, 1.54) is 0 Å². The van der Waals surface area contributed by atoms with Gasteiger partial charge in [0.25, 0.3) is 0 Å². The van der Waals surface area contributed by atoms with E-state index in [9.17, 15) is 5.11 Å². The molecule has 0 saturated heterocycles. The number of benzene rings is 1. The molecule has 0 fully saturated rings. The Balaban J connectivity index is 2.04. The third kappa shape index (κ3) is 2.88. The van der Waals surface area contributed by atoms with Crippen molar-refractivity contribution in [3.8, 4) is 11.5 Å². The molecule has 1 atom stereocenters. The fourth-order valence-electron chi connectivity index (χ4n) is 1.88. The van der Waals surface area contributed by atoms with Gasteiger partial charge in [-0.15, -0.1) is 0 Å². The molecule has 4 nitrogen and oxygen atoms in total. The largest absolute Gasteiger partial charge is 0.454 e. The van der Waals surface area contributed by atoms with Crippen molar-refractivity contribution in [2.75, 3.05) is 13.4 Å². The Bertz CT molecular complexity index is 423. The zero-order chi connectivity index (χ0) is 13.1. The van der Waals surface area contributed by atoms with E-state index in [1.807, 2.05) is 12.1 Å². The molecule has 0 bridgehead atoms. The molecule has 5 heteroatoms. The highest BCUT2D eigenvalue weighted by Gasteiger charge is 2.19. The Morgan fingerprint density at radius 2 is 2.17 bits per heavy atom. The number of rotatable bonds is 5. The molecule has 1 aliphatic heterocycles.